The Labute approximate surface area is 236 Å². The molecular weight excluding hydrogens is 534 g/mol. The van der Waals surface area contributed by atoms with E-state index < -0.39 is 28.5 Å². The second kappa shape index (κ2) is 13.1. The van der Waals surface area contributed by atoms with E-state index >= 15 is 0 Å². The van der Waals surface area contributed by atoms with Gasteiger partial charge in [-0.1, -0.05) is 74.0 Å². The Morgan fingerprint density at radius 2 is 1.56 bits per heavy atom. The number of carbonyl (C=O) groups is 2. The SMILES string of the molecule is Cc1ccc(C)c(N(CC(=O)N(Cc2ccccc2Cl)[C@@H](C)C(=O)NCC(C)C)S(=O)(=O)c2ccccc2)c1. The summed E-state index contributed by atoms with van der Waals surface area (Å²) in [6.07, 6.45) is 0. The van der Waals surface area contributed by atoms with E-state index in [4.69, 9.17) is 11.6 Å². The van der Waals surface area contributed by atoms with Crippen LogP contribution in [0.2, 0.25) is 5.02 Å². The highest BCUT2D eigenvalue weighted by Gasteiger charge is 2.33. The lowest BCUT2D eigenvalue weighted by atomic mass is 10.1. The summed E-state index contributed by atoms with van der Waals surface area (Å²) in [5, 5.41) is 3.33. The van der Waals surface area contributed by atoms with Crippen LogP contribution in [0.5, 0.6) is 0 Å². The fourth-order valence-corrected chi connectivity index (χ4v) is 5.75. The van der Waals surface area contributed by atoms with E-state index in [1.165, 1.54) is 17.0 Å². The molecule has 0 aliphatic heterocycles. The first kappa shape index (κ1) is 30.2. The van der Waals surface area contributed by atoms with Gasteiger partial charge in [0.1, 0.15) is 12.6 Å². The number of nitrogens with one attached hydrogen (secondary N) is 1. The second-order valence-electron chi connectivity index (χ2n) is 10.0. The fraction of sp³-hybridized carbons (Fsp3) is 0.333. The summed E-state index contributed by atoms with van der Waals surface area (Å²) in [7, 11) is -4.11. The highest BCUT2D eigenvalue weighted by molar-refractivity contribution is 7.92. The topological polar surface area (TPSA) is 86.8 Å². The molecule has 0 heterocycles. The average Bonchev–Trinajstić information content (AvgIpc) is 2.91. The summed E-state index contributed by atoms with van der Waals surface area (Å²) in [6.45, 7) is 9.27. The molecule has 0 fully saturated rings. The standard InChI is InChI=1S/C30H36ClN3O4S/c1-21(2)18-32-30(36)24(5)33(19-25-11-9-10-14-27(25)31)29(35)20-34(28-17-22(3)15-16-23(28)4)39(37,38)26-12-7-6-8-13-26/h6-17,21,24H,18-20H2,1-5H3,(H,32,36)/t24-/m0/s1. The van der Waals surface area contributed by atoms with Gasteiger partial charge in [0.25, 0.3) is 10.0 Å². The number of sulfonamides is 1. The van der Waals surface area contributed by atoms with Crippen LogP contribution in [0.25, 0.3) is 0 Å². The second-order valence-corrected chi connectivity index (χ2v) is 12.3. The largest absolute Gasteiger partial charge is 0.354 e. The third-order valence-electron chi connectivity index (χ3n) is 6.39. The van der Waals surface area contributed by atoms with Gasteiger partial charge in [-0.25, -0.2) is 8.42 Å². The van der Waals surface area contributed by atoms with Crippen LogP contribution in [-0.2, 0) is 26.2 Å². The van der Waals surface area contributed by atoms with Crippen molar-refractivity contribution < 1.29 is 18.0 Å². The van der Waals surface area contributed by atoms with E-state index in [2.05, 4.69) is 5.32 Å². The molecular formula is C30H36ClN3O4S. The molecule has 7 nitrogen and oxygen atoms in total. The maximum atomic E-state index is 14.0. The van der Waals surface area contributed by atoms with Gasteiger partial charge in [0.2, 0.25) is 11.8 Å². The summed E-state index contributed by atoms with van der Waals surface area (Å²) in [5.41, 5.74) is 2.61. The molecule has 0 bridgehead atoms. The molecule has 3 rings (SSSR count). The summed E-state index contributed by atoms with van der Waals surface area (Å²) >= 11 is 6.41. The van der Waals surface area contributed by atoms with Crippen LogP contribution in [0.4, 0.5) is 5.69 Å². The minimum Gasteiger partial charge on any atom is -0.354 e. The lowest BCUT2D eigenvalue weighted by molar-refractivity contribution is -0.139. The first-order valence-corrected chi connectivity index (χ1v) is 14.7. The third kappa shape index (κ3) is 7.61. The van der Waals surface area contributed by atoms with Gasteiger partial charge < -0.3 is 10.2 Å². The Morgan fingerprint density at radius 1 is 0.923 bits per heavy atom. The van der Waals surface area contributed by atoms with E-state index in [1.54, 1.807) is 62.4 Å². The molecule has 0 unspecified atom stereocenters. The summed E-state index contributed by atoms with van der Waals surface area (Å²) < 4.78 is 28.9. The van der Waals surface area contributed by atoms with Crippen LogP contribution < -0.4 is 9.62 Å². The number of hydrogen-bond acceptors (Lipinski definition) is 4. The van der Waals surface area contributed by atoms with Crippen molar-refractivity contribution in [1.29, 1.82) is 0 Å². The van der Waals surface area contributed by atoms with Crippen molar-refractivity contribution in [3.05, 3.63) is 94.5 Å². The predicted octanol–water partition coefficient (Wildman–Crippen LogP) is 5.34. The molecule has 39 heavy (non-hydrogen) atoms. The van der Waals surface area contributed by atoms with Gasteiger partial charge in [0, 0.05) is 18.1 Å². The molecule has 0 radical (unpaired) electrons. The van der Waals surface area contributed by atoms with Crippen molar-refractivity contribution in [1.82, 2.24) is 10.2 Å². The first-order chi connectivity index (χ1) is 18.4. The maximum Gasteiger partial charge on any atom is 0.264 e. The monoisotopic (exact) mass is 569 g/mol. The molecule has 1 N–H and O–H groups in total. The molecule has 3 aromatic rings. The van der Waals surface area contributed by atoms with Crippen molar-refractivity contribution in [3.63, 3.8) is 0 Å². The molecule has 0 aliphatic rings. The van der Waals surface area contributed by atoms with Crippen LogP contribution >= 0.6 is 11.6 Å². The van der Waals surface area contributed by atoms with E-state index in [1.807, 2.05) is 32.9 Å². The smallest absolute Gasteiger partial charge is 0.264 e. The van der Waals surface area contributed by atoms with Gasteiger partial charge in [0.15, 0.2) is 0 Å². The van der Waals surface area contributed by atoms with Crippen molar-refractivity contribution in [2.24, 2.45) is 5.92 Å². The number of nitrogens with zero attached hydrogens (tertiary/aromatic N) is 2. The Bertz CT molecular complexity index is 1410. The van der Waals surface area contributed by atoms with Crippen molar-refractivity contribution >= 4 is 39.1 Å². The summed E-state index contributed by atoms with van der Waals surface area (Å²) in [6, 6.07) is 19.7. The molecule has 0 aromatic heterocycles. The minimum atomic E-state index is -4.11. The average molecular weight is 570 g/mol. The first-order valence-electron chi connectivity index (χ1n) is 12.9. The van der Waals surface area contributed by atoms with Gasteiger partial charge in [-0.2, -0.15) is 0 Å². The minimum absolute atomic E-state index is 0.0425. The highest BCUT2D eigenvalue weighted by Crippen LogP contribution is 2.29. The zero-order valence-electron chi connectivity index (χ0n) is 23.0. The van der Waals surface area contributed by atoms with E-state index in [0.29, 0.717) is 28.4 Å². The summed E-state index contributed by atoms with van der Waals surface area (Å²) in [5.74, 6) is -0.625. The van der Waals surface area contributed by atoms with Gasteiger partial charge in [-0.3, -0.25) is 13.9 Å². The van der Waals surface area contributed by atoms with Crippen molar-refractivity contribution in [3.8, 4) is 0 Å². The maximum absolute atomic E-state index is 14.0. The molecule has 0 spiro atoms. The van der Waals surface area contributed by atoms with Crippen LogP contribution in [0, 0.1) is 19.8 Å². The normalized spacial score (nSPS) is 12.2. The van der Waals surface area contributed by atoms with Crippen LogP contribution in [0.1, 0.15) is 37.5 Å². The molecule has 0 aliphatic carbocycles. The molecule has 9 heteroatoms. The van der Waals surface area contributed by atoms with E-state index in [0.717, 1.165) is 9.87 Å². The van der Waals surface area contributed by atoms with Crippen LogP contribution in [0.15, 0.2) is 77.7 Å². The number of aryl methyl sites for hydroxylation is 2. The van der Waals surface area contributed by atoms with Crippen molar-refractivity contribution in [2.75, 3.05) is 17.4 Å². The number of benzene rings is 3. The van der Waals surface area contributed by atoms with Crippen molar-refractivity contribution in [2.45, 2.75) is 52.1 Å². The number of hydrogen-bond donors (Lipinski definition) is 1. The Morgan fingerprint density at radius 3 is 2.21 bits per heavy atom. The van der Waals surface area contributed by atoms with E-state index in [-0.39, 0.29) is 23.3 Å². The number of anilines is 1. The zero-order chi connectivity index (χ0) is 28.7. The van der Waals surface area contributed by atoms with E-state index in [9.17, 15) is 18.0 Å². The van der Waals surface area contributed by atoms with Crippen LogP contribution in [0.3, 0.4) is 0 Å². The number of halogens is 1. The number of rotatable bonds is 11. The Kier molecular flexibility index (Phi) is 10.2. The molecule has 3 aromatic carbocycles. The highest BCUT2D eigenvalue weighted by atomic mass is 35.5. The molecule has 0 saturated heterocycles. The Balaban J connectivity index is 2.05. The quantitative estimate of drug-likeness (QED) is 0.338. The van der Waals surface area contributed by atoms with Gasteiger partial charge >= 0.3 is 0 Å². The molecule has 1 atom stereocenters. The molecule has 2 amide bonds. The van der Waals surface area contributed by atoms with Crippen LogP contribution in [-0.4, -0.2) is 44.3 Å². The third-order valence-corrected chi connectivity index (χ3v) is 8.54. The lowest BCUT2D eigenvalue weighted by Crippen LogP contribution is -2.51. The fourth-order valence-electron chi connectivity index (χ4n) is 4.07. The summed E-state index contributed by atoms with van der Waals surface area (Å²) in [4.78, 5) is 28.5. The predicted molar refractivity (Wildman–Crippen MR) is 156 cm³/mol. The van der Waals surface area contributed by atoms with Gasteiger partial charge in [0.05, 0.1) is 10.6 Å². The number of amides is 2. The lowest BCUT2D eigenvalue weighted by Gasteiger charge is -2.32. The number of carbonyl (C=O) groups excluding carboxylic acids is 2. The molecule has 208 valence electrons. The Hall–Kier alpha value is -3.36. The van der Waals surface area contributed by atoms with Gasteiger partial charge in [-0.15, -0.1) is 0 Å². The molecule has 0 saturated carbocycles. The zero-order valence-corrected chi connectivity index (χ0v) is 24.6. The van der Waals surface area contributed by atoms with Gasteiger partial charge in [-0.05, 0) is 67.6 Å².